The first-order valence-corrected chi connectivity index (χ1v) is 4.79. The molecule has 1 atom stereocenters. The smallest absolute Gasteiger partial charge is 0.146 e. The zero-order valence-electron chi connectivity index (χ0n) is 6.92. The van der Waals surface area contributed by atoms with Crippen LogP contribution in [0.15, 0.2) is 22.7 Å². The van der Waals surface area contributed by atoms with Crippen LogP contribution in [-0.4, -0.2) is 7.11 Å². The molecule has 2 nitrogen and oxygen atoms in total. The van der Waals surface area contributed by atoms with E-state index < -0.39 is 5.38 Å². The average molecular weight is 261 g/mol. The van der Waals surface area contributed by atoms with Crippen molar-refractivity contribution in [2.75, 3.05) is 7.11 Å². The van der Waals surface area contributed by atoms with Gasteiger partial charge in [-0.05, 0) is 18.2 Å². The molecule has 0 radical (unpaired) electrons. The fourth-order valence-electron chi connectivity index (χ4n) is 0.913. The molecule has 0 saturated heterocycles. The second-order valence-corrected chi connectivity index (χ2v) is 3.67. The monoisotopic (exact) mass is 259 g/mol. The van der Waals surface area contributed by atoms with E-state index >= 15 is 0 Å². The second-order valence-electron chi connectivity index (χ2n) is 2.38. The highest BCUT2D eigenvalue weighted by Gasteiger charge is 2.11. The Kier molecular flexibility index (Phi) is 3.58. The molecule has 0 aliphatic heterocycles. The van der Waals surface area contributed by atoms with Gasteiger partial charge in [-0.2, -0.15) is 5.26 Å². The van der Waals surface area contributed by atoms with Gasteiger partial charge in [0.05, 0.1) is 13.2 Å². The summed E-state index contributed by atoms with van der Waals surface area (Å²) in [5.41, 5.74) is 0.725. The van der Waals surface area contributed by atoms with Gasteiger partial charge >= 0.3 is 0 Å². The Hall–Kier alpha value is -0.720. The lowest BCUT2D eigenvalue weighted by atomic mass is 10.1. The molecule has 0 aliphatic carbocycles. The molecule has 0 spiro atoms. The lowest BCUT2D eigenvalue weighted by molar-refractivity contribution is 0.414. The van der Waals surface area contributed by atoms with Gasteiger partial charge in [0.15, 0.2) is 0 Å². The third-order valence-corrected chi connectivity index (χ3v) is 2.64. The number of hydrogen-bond acceptors (Lipinski definition) is 2. The van der Waals surface area contributed by atoms with E-state index in [1.165, 1.54) is 0 Å². The Bertz CT molecular complexity index is 348. The fourth-order valence-corrected chi connectivity index (χ4v) is 1.70. The van der Waals surface area contributed by atoms with Crippen LogP contribution in [0.1, 0.15) is 10.9 Å². The highest BCUT2D eigenvalue weighted by Crippen LogP contribution is 2.30. The molecule has 0 saturated carbocycles. The van der Waals surface area contributed by atoms with Crippen LogP contribution in [0.25, 0.3) is 0 Å². The van der Waals surface area contributed by atoms with E-state index in [4.69, 9.17) is 21.6 Å². The quantitative estimate of drug-likeness (QED) is 0.765. The van der Waals surface area contributed by atoms with Gasteiger partial charge in [-0.15, -0.1) is 11.6 Å². The first-order valence-electron chi connectivity index (χ1n) is 3.56. The molecule has 0 N–H and O–H groups in total. The Morgan fingerprint density at radius 1 is 1.62 bits per heavy atom. The third kappa shape index (κ3) is 2.36. The summed E-state index contributed by atoms with van der Waals surface area (Å²) in [6.45, 7) is 0. The summed E-state index contributed by atoms with van der Waals surface area (Å²) in [6.07, 6.45) is 0. The summed E-state index contributed by atoms with van der Waals surface area (Å²) in [4.78, 5) is 0. The first-order chi connectivity index (χ1) is 6.19. The van der Waals surface area contributed by atoms with Gasteiger partial charge in [0.25, 0.3) is 0 Å². The van der Waals surface area contributed by atoms with Crippen molar-refractivity contribution in [3.05, 3.63) is 28.2 Å². The minimum Gasteiger partial charge on any atom is -0.497 e. The summed E-state index contributed by atoms with van der Waals surface area (Å²) in [7, 11) is 1.57. The van der Waals surface area contributed by atoms with Crippen LogP contribution in [0, 0.1) is 11.3 Å². The lowest BCUT2D eigenvalue weighted by Crippen LogP contribution is -1.90. The van der Waals surface area contributed by atoms with Gasteiger partial charge in [-0.3, -0.25) is 0 Å². The number of nitriles is 1. The number of benzene rings is 1. The van der Waals surface area contributed by atoms with Crippen molar-refractivity contribution in [1.29, 1.82) is 5.26 Å². The molecule has 1 aromatic rings. The largest absolute Gasteiger partial charge is 0.497 e. The summed E-state index contributed by atoms with van der Waals surface area (Å²) < 4.78 is 5.83. The molecule has 0 heterocycles. The zero-order chi connectivity index (χ0) is 9.84. The first kappa shape index (κ1) is 10.4. The van der Waals surface area contributed by atoms with Crippen LogP contribution in [0.5, 0.6) is 5.75 Å². The lowest BCUT2D eigenvalue weighted by Gasteiger charge is -2.06. The van der Waals surface area contributed by atoms with Gasteiger partial charge in [0, 0.05) is 10.0 Å². The second kappa shape index (κ2) is 4.50. The van der Waals surface area contributed by atoms with Crippen molar-refractivity contribution in [3.8, 4) is 11.8 Å². The van der Waals surface area contributed by atoms with E-state index in [9.17, 15) is 0 Å². The third-order valence-electron chi connectivity index (χ3n) is 1.59. The summed E-state index contributed by atoms with van der Waals surface area (Å²) >= 11 is 9.09. The molecule has 0 aromatic heterocycles. The summed E-state index contributed by atoms with van der Waals surface area (Å²) in [5, 5.41) is 7.98. The molecule has 1 unspecified atom stereocenters. The summed E-state index contributed by atoms with van der Waals surface area (Å²) in [5.74, 6) is 0.694. The highest BCUT2D eigenvalue weighted by atomic mass is 79.9. The predicted molar refractivity (Wildman–Crippen MR) is 54.9 cm³/mol. The SMILES string of the molecule is COc1ccc(Br)c(C(Cl)C#N)c1. The number of nitrogens with zero attached hydrogens (tertiary/aromatic N) is 1. The number of alkyl halides is 1. The number of hydrogen-bond donors (Lipinski definition) is 0. The van der Waals surface area contributed by atoms with Crippen LogP contribution in [-0.2, 0) is 0 Å². The molecule has 13 heavy (non-hydrogen) atoms. The normalized spacial score (nSPS) is 11.8. The van der Waals surface area contributed by atoms with E-state index in [2.05, 4.69) is 15.9 Å². The van der Waals surface area contributed by atoms with Crippen molar-refractivity contribution < 1.29 is 4.74 Å². The molecular weight excluding hydrogens is 253 g/mol. The average Bonchev–Trinajstić information content (AvgIpc) is 2.17. The maximum Gasteiger partial charge on any atom is 0.146 e. The van der Waals surface area contributed by atoms with E-state index in [0.717, 1.165) is 10.0 Å². The maximum absolute atomic E-state index is 8.63. The van der Waals surface area contributed by atoms with E-state index in [-0.39, 0.29) is 0 Å². The maximum atomic E-state index is 8.63. The van der Waals surface area contributed by atoms with Crippen LogP contribution < -0.4 is 4.74 Å². The van der Waals surface area contributed by atoms with Crippen LogP contribution in [0.2, 0.25) is 0 Å². The van der Waals surface area contributed by atoms with E-state index in [1.54, 1.807) is 25.3 Å². The standard InChI is InChI=1S/C9H7BrClNO/c1-13-6-2-3-8(10)7(4-6)9(11)5-12/h2-4,9H,1H3. The molecule has 4 heteroatoms. The van der Waals surface area contributed by atoms with Crippen LogP contribution in [0.3, 0.4) is 0 Å². The van der Waals surface area contributed by atoms with Gasteiger partial charge < -0.3 is 4.74 Å². The fraction of sp³-hybridized carbons (Fsp3) is 0.222. The molecule has 0 fully saturated rings. The van der Waals surface area contributed by atoms with Crippen molar-refractivity contribution in [1.82, 2.24) is 0 Å². The molecule has 0 bridgehead atoms. The van der Waals surface area contributed by atoms with E-state index in [0.29, 0.717) is 5.75 Å². The topological polar surface area (TPSA) is 33.0 Å². The Balaban J connectivity index is 3.12. The minimum absolute atomic E-state index is 0.649. The highest BCUT2D eigenvalue weighted by molar-refractivity contribution is 9.10. The predicted octanol–water partition coefficient (Wildman–Crippen LogP) is 3.26. The molecule has 1 aromatic carbocycles. The molecule has 0 amide bonds. The molecule has 68 valence electrons. The van der Waals surface area contributed by atoms with Crippen molar-refractivity contribution in [2.45, 2.75) is 5.38 Å². The van der Waals surface area contributed by atoms with Gasteiger partial charge in [-0.25, -0.2) is 0 Å². The summed E-state index contributed by atoms with van der Waals surface area (Å²) in [6, 6.07) is 7.30. The Morgan fingerprint density at radius 2 is 2.31 bits per heavy atom. The van der Waals surface area contributed by atoms with Crippen molar-refractivity contribution in [3.63, 3.8) is 0 Å². The minimum atomic E-state index is -0.649. The van der Waals surface area contributed by atoms with Crippen LogP contribution >= 0.6 is 27.5 Å². The Labute approximate surface area is 90.2 Å². The van der Waals surface area contributed by atoms with Crippen molar-refractivity contribution >= 4 is 27.5 Å². The number of rotatable bonds is 2. The zero-order valence-corrected chi connectivity index (χ0v) is 9.26. The molecule has 1 rings (SSSR count). The van der Waals surface area contributed by atoms with Crippen LogP contribution in [0.4, 0.5) is 0 Å². The molecular formula is C9H7BrClNO. The molecule has 0 aliphatic rings. The van der Waals surface area contributed by atoms with Gasteiger partial charge in [0.1, 0.15) is 11.1 Å². The van der Waals surface area contributed by atoms with Gasteiger partial charge in [-0.1, -0.05) is 15.9 Å². The number of ether oxygens (including phenoxy) is 1. The van der Waals surface area contributed by atoms with E-state index in [1.807, 2.05) is 6.07 Å². The van der Waals surface area contributed by atoms with Crippen molar-refractivity contribution in [2.24, 2.45) is 0 Å². The Morgan fingerprint density at radius 3 is 2.85 bits per heavy atom. The van der Waals surface area contributed by atoms with Gasteiger partial charge in [0.2, 0.25) is 0 Å². The number of halogens is 2. The number of methoxy groups -OCH3 is 1.